The first-order valence-corrected chi connectivity index (χ1v) is 11.0. The molecule has 7 heteroatoms. The minimum Gasteiger partial charge on any atom is -0.366 e. The molecule has 2 N–H and O–H groups in total. The van der Waals surface area contributed by atoms with Gasteiger partial charge in [-0.1, -0.05) is 24.3 Å². The number of aryl methyl sites for hydroxylation is 1. The molecule has 0 saturated heterocycles. The molecule has 1 unspecified atom stereocenters. The Morgan fingerprint density at radius 1 is 1.00 bits per heavy atom. The van der Waals surface area contributed by atoms with E-state index in [9.17, 15) is 9.59 Å². The summed E-state index contributed by atoms with van der Waals surface area (Å²) in [5.74, 6) is -0.385. The van der Waals surface area contributed by atoms with Gasteiger partial charge in [-0.25, -0.2) is 0 Å². The van der Waals surface area contributed by atoms with Gasteiger partial charge in [-0.3, -0.25) is 14.3 Å². The number of hydrogen-bond acceptors (Lipinski definition) is 4. The van der Waals surface area contributed by atoms with E-state index in [-0.39, 0.29) is 11.2 Å². The maximum atomic E-state index is 13.4. The molecule has 3 aromatic rings. The molecule has 0 radical (unpaired) electrons. The number of nitrogens with two attached hydrogens (primary N) is 1. The van der Waals surface area contributed by atoms with E-state index in [1.54, 1.807) is 30.1 Å². The third-order valence-electron chi connectivity index (χ3n) is 5.22. The van der Waals surface area contributed by atoms with Gasteiger partial charge in [0, 0.05) is 35.9 Å². The normalized spacial score (nSPS) is 15.8. The van der Waals surface area contributed by atoms with Gasteiger partial charge in [0.2, 0.25) is 11.8 Å². The van der Waals surface area contributed by atoms with Crippen LogP contribution in [0.4, 0.5) is 5.69 Å². The number of amides is 2. The number of aromatic nitrogens is 2. The summed E-state index contributed by atoms with van der Waals surface area (Å²) in [6, 6.07) is 17.0. The number of rotatable bonds is 8. The van der Waals surface area contributed by atoms with Crippen molar-refractivity contribution < 1.29 is 9.59 Å². The second kappa shape index (κ2) is 9.17. The fraction of sp³-hybridized carbons (Fsp3) is 0.261. The third-order valence-corrected chi connectivity index (χ3v) is 6.53. The van der Waals surface area contributed by atoms with Crippen LogP contribution in [0.25, 0.3) is 0 Å². The predicted octanol–water partition coefficient (Wildman–Crippen LogP) is 4.03. The average Bonchev–Trinajstić information content (AvgIpc) is 3.28. The zero-order valence-corrected chi connectivity index (χ0v) is 17.4. The Labute approximate surface area is 180 Å². The molecule has 2 amide bonds. The maximum absolute atomic E-state index is 13.4. The van der Waals surface area contributed by atoms with Crippen molar-refractivity contribution in [3.05, 3.63) is 78.1 Å². The van der Waals surface area contributed by atoms with Crippen molar-refractivity contribution in [3.8, 4) is 0 Å². The number of thioether (sulfide) groups is 1. The Balaban J connectivity index is 1.46. The van der Waals surface area contributed by atoms with Crippen molar-refractivity contribution in [1.82, 2.24) is 9.78 Å². The summed E-state index contributed by atoms with van der Waals surface area (Å²) in [5, 5.41) is 3.90. The van der Waals surface area contributed by atoms with Crippen LogP contribution in [0.1, 0.15) is 40.4 Å². The van der Waals surface area contributed by atoms with Gasteiger partial charge in [-0.05, 0) is 55.2 Å². The molecule has 30 heavy (non-hydrogen) atoms. The van der Waals surface area contributed by atoms with Crippen molar-refractivity contribution >= 4 is 29.3 Å². The van der Waals surface area contributed by atoms with Crippen LogP contribution in [0.5, 0.6) is 0 Å². The van der Waals surface area contributed by atoms with Crippen LogP contribution in [0.3, 0.4) is 0 Å². The number of fused-ring (bicyclic) bond motifs is 1. The first-order chi connectivity index (χ1) is 14.6. The first kappa shape index (κ1) is 20.2. The minimum atomic E-state index is -0.466. The highest BCUT2D eigenvalue weighted by Gasteiger charge is 2.34. The van der Waals surface area contributed by atoms with Gasteiger partial charge in [0.15, 0.2) is 0 Å². The van der Waals surface area contributed by atoms with Gasteiger partial charge in [-0.15, -0.1) is 11.8 Å². The topological polar surface area (TPSA) is 81.2 Å². The Morgan fingerprint density at radius 3 is 2.50 bits per heavy atom. The van der Waals surface area contributed by atoms with Gasteiger partial charge in [-0.2, -0.15) is 5.10 Å². The van der Waals surface area contributed by atoms with E-state index in [4.69, 9.17) is 5.73 Å². The standard InChI is InChI=1S/C23H24N4O2S/c24-22(28)18-11-9-17(10-12-18)21-23(29)27(19-7-2-3-8-20(19)30-21)16-5-1-4-14-26-15-6-13-25-26/h2-3,6-13,15,21H,1,4-5,14,16H2,(H2,24,28). The molecule has 1 atom stereocenters. The maximum Gasteiger partial charge on any atom is 0.248 e. The highest BCUT2D eigenvalue weighted by Crippen LogP contribution is 2.46. The van der Waals surface area contributed by atoms with E-state index in [0.717, 1.165) is 42.0 Å². The molecule has 4 rings (SSSR count). The van der Waals surface area contributed by atoms with Crippen LogP contribution in [0.2, 0.25) is 0 Å². The number of carbonyl (C=O) groups excluding carboxylic acids is 2. The second-order valence-electron chi connectivity index (χ2n) is 7.27. The van der Waals surface area contributed by atoms with Crippen molar-refractivity contribution in [1.29, 1.82) is 0 Å². The van der Waals surface area contributed by atoms with Gasteiger partial charge < -0.3 is 10.6 Å². The summed E-state index contributed by atoms with van der Waals surface area (Å²) in [6.45, 7) is 1.58. The largest absolute Gasteiger partial charge is 0.366 e. The van der Waals surface area contributed by atoms with Crippen molar-refractivity contribution in [3.63, 3.8) is 0 Å². The van der Waals surface area contributed by atoms with Gasteiger partial charge in [0.1, 0.15) is 5.25 Å². The zero-order valence-electron chi connectivity index (χ0n) is 16.6. The molecule has 6 nitrogen and oxygen atoms in total. The monoisotopic (exact) mass is 420 g/mol. The van der Waals surface area contributed by atoms with E-state index in [0.29, 0.717) is 12.1 Å². The van der Waals surface area contributed by atoms with Crippen molar-refractivity contribution in [2.24, 2.45) is 5.73 Å². The molecule has 2 aromatic carbocycles. The number of carbonyl (C=O) groups is 2. The van der Waals surface area contributed by atoms with Crippen LogP contribution < -0.4 is 10.6 Å². The number of benzene rings is 2. The van der Waals surface area contributed by atoms with E-state index >= 15 is 0 Å². The van der Waals surface area contributed by atoms with E-state index in [1.807, 2.05) is 52.2 Å². The summed E-state index contributed by atoms with van der Waals surface area (Å²) in [6.07, 6.45) is 6.74. The van der Waals surface area contributed by atoms with Gasteiger partial charge in [0.05, 0.1) is 5.69 Å². The molecular weight excluding hydrogens is 396 g/mol. The average molecular weight is 421 g/mol. The second-order valence-corrected chi connectivity index (χ2v) is 8.42. The molecule has 0 fully saturated rings. The summed E-state index contributed by atoms with van der Waals surface area (Å²) in [7, 11) is 0. The Hall–Kier alpha value is -3.06. The number of nitrogens with zero attached hydrogens (tertiary/aromatic N) is 3. The molecular formula is C23H24N4O2S. The van der Waals surface area contributed by atoms with Gasteiger partial charge in [0.25, 0.3) is 0 Å². The quantitative estimate of drug-likeness (QED) is 0.558. The molecule has 1 aliphatic rings. The molecule has 1 aliphatic heterocycles. The molecule has 0 aliphatic carbocycles. The lowest BCUT2D eigenvalue weighted by Crippen LogP contribution is -2.38. The van der Waals surface area contributed by atoms with Crippen molar-refractivity contribution in [2.45, 2.75) is 36.0 Å². The van der Waals surface area contributed by atoms with Crippen LogP contribution in [0.15, 0.2) is 71.9 Å². The number of hydrogen-bond donors (Lipinski definition) is 1. The Bertz CT molecular complexity index is 1020. The predicted molar refractivity (Wildman–Crippen MR) is 118 cm³/mol. The van der Waals surface area contributed by atoms with E-state index in [1.165, 1.54) is 0 Å². The molecule has 1 aromatic heterocycles. The SMILES string of the molecule is NC(=O)c1ccc(C2Sc3ccccc3N(CCCCCn3cccn3)C2=O)cc1. The molecule has 0 spiro atoms. The van der Waals surface area contributed by atoms with Crippen LogP contribution >= 0.6 is 11.8 Å². The summed E-state index contributed by atoms with van der Waals surface area (Å²) in [5.41, 5.74) is 7.65. The fourth-order valence-corrected chi connectivity index (χ4v) is 4.87. The smallest absolute Gasteiger partial charge is 0.248 e. The number of para-hydroxylation sites is 1. The molecule has 154 valence electrons. The van der Waals surface area contributed by atoms with Crippen molar-refractivity contribution in [2.75, 3.05) is 11.4 Å². The highest BCUT2D eigenvalue weighted by molar-refractivity contribution is 8.00. The Morgan fingerprint density at radius 2 is 1.77 bits per heavy atom. The molecule has 0 bridgehead atoms. The number of primary amides is 1. The summed E-state index contributed by atoms with van der Waals surface area (Å²) in [4.78, 5) is 27.7. The number of unbranched alkanes of at least 4 members (excludes halogenated alkanes) is 2. The van der Waals surface area contributed by atoms with Crippen LogP contribution in [0, 0.1) is 0 Å². The van der Waals surface area contributed by atoms with Crippen LogP contribution in [-0.4, -0.2) is 28.1 Å². The minimum absolute atomic E-state index is 0.0811. The molecule has 2 heterocycles. The lowest BCUT2D eigenvalue weighted by Gasteiger charge is -2.34. The summed E-state index contributed by atoms with van der Waals surface area (Å²) < 4.78 is 1.93. The van der Waals surface area contributed by atoms with Gasteiger partial charge >= 0.3 is 0 Å². The lowest BCUT2D eigenvalue weighted by molar-refractivity contribution is -0.118. The Kier molecular flexibility index (Phi) is 6.18. The number of anilines is 1. The van der Waals surface area contributed by atoms with E-state index < -0.39 is 5.91 Å². The first-order valence-electron chi connectivity index (χ1n) is 10.1. The van der Waals surface area contributed by atoms with E-state index in [2.05, 4.69) is 11.2 Å². The third kappa shape index (κ3) is 4.41. The lowest BCUT2D eigenvalue weighted by atomic mass is 10.1. The summed E-state index contributed by atoms with van der Waals surface area (Å²) >= 11 is 1.56. The van der Waals surface area contributed by atoms with Crippen LogP contribution in [-0.2, 0) is 11.3 Å². The molecule has 0 saturated carbocycles. The highest BCUT2D eigenvalue weighted by atomic mass is 32.2. The zero-order chi connectivity index (χ0) is 20.9. The fourth-order valence-electron chi connectivity index (χ4n) is 3.63.